The zero-order chi connectivity index (χ0) is 16.8. The number of imidazole rings is 1. The van der Waals surface area contributed by atoms with Crippen LogP contribution in [0, 0.1) is 0 Å². The molecule has 1 N–H and O–H groups in total. The molecule has 6 heteroatoms. The number of halogens is 1. The number of rotatable bonds is 7. The van der Waals surface area contributed by atoms with Crippen molar-refractivity contribution in [2.24, 2.45) is 0 Å². The molecule has 0 aliphatic carbocycles. The maximum atomic E-state index is 11.9. The summed E-state index contributed by atoms with van der Waals surface area (Å²) in [5.41, 5.74) is 1.60. The fraction of sp³-hybridized carbons (Fsp3) is 0.222. The largest absolute Gasteiger partial charge is 0.494 e. The van der Waals surface area contributed by atoms with E-state index in [4.69, 9.17) is 16.3 Å². The van der Waals surface area contributed by atoms with Crippen LogP contribution in [0.3, 0.4) is 0 Å². The number of pyridine rings is 1. The molecule has 0 saturated heterocycles. The van der Waals surface area contributed by atoms with Gasteiger partial charge in [0.2, 0.25) is 5.91 Å². The number of amides is 1. The summed E-state index contributed by atoms with van der Waals surface area (Å²) in [5, 5.41) is 3.52. The molecule has 1 aromatic carbocycles. The third-order valence-electron chi connectivity index (χ3n) is 3.49. The Morgan fingerprint density at radius 3 is 2.83 bits per heavy atom. The van der Waals surface area contributed by atoms with E-state index < -0.39 is 0 Å². The van der Waals surface area contributed by atoms with Crippen molar-refractivity contribution < 1.29 is 9.53 Å². The molecule has 0 spiro atoms. The lowest BCUT2D eigenvalue weighted by atomic mass is 10.3. The van der Waals surface area contributed by atoms with Crippen LogP contribution in [0.15, 0.2) is 54.9 Å². The van der Waals surface area contributed by atoms with Gasteiger partial charge in [-0.25, -0.2) is 4.98 Å². The summed E-state index contributed by atoms with van der Waals surface area (Å²) in [6.07, 6.45) is 4.74. The maximum absolute atomic E-state index is 11.9. The van der Waals surface area contributed by atoms with Gasteiger partial charge < -0.3 is 14.5 Å². The zero-order valence-electron chi connectivity index (χ0n) is 13.1. The van der Waals surface area contributed by atoms with Crippen LogP contribution in [0.2, 0.25) is 5.02 Å². The highest BCUT2D eigenvalue weighted by Crippen LogP contribution is 2.12. The summed E-state index contributed by atoms with van der Waals surface area (Å²) in [6, 6.07) is 13.2. The molecule has 1 amide bonds. The lowest BCUT2D eigenvalue weighted by Crippen LogP contribution is -2.23. The van der Waals surface area contributed by atoms with Crippen molar-refractivity contribution in [3.05, 3.63) is 65.6 Å². The average molecular weight is 344 g/mol. The number of para-hydroxylation sites is 1. The number of ether oxygens (including phenoxy) is 1. The second-order valence-electron chi connectivity index (χ2n) is 5.39. The first-order chi connectivity index (χ1) is 11.7. The molecule has 0 atom stereocenters. The summed E-state index contributed by atoms with van der Waals surface area (Å²) in [5.74, 6) is 0.808. The molecule has 2 aromatic heterocycles. The SMILES string of the molecule is O=C(CCCOc1ccccc1)NCc1cn2cc(Cl)ccc2n1. The second-order valence-corrected chi connectivity index (χ2v) is 5.82. The first-order valence-electron chi connectivity index (χ1n) is 7.78. The lowest BCUT2D eigenvalue weighted by Gasteiger charge is -2.06. The van der Waals surface area contributed by atoms with Gasteiger partial charge in [0.1, 0.15) is 11.4 Å². The molecule has 3 aromatic rings. The Morgan fingerprint density at radius 2 is 2.00 bits per heavy atom. The molecule has 0 bridgehead atoms. The number of hydrogen-bond donors (Lipinski definition) is 1. The van der Waals surface area contributed by atoms with Gasteiger partial charge in [-0.05, 0) is 30.7 Å². The fourth-order valence-corrected chi connectivity index (χ4v) is 2.49. The van der Waals surface area contributed by atoms with Crippen molar-refractivity contribution >= 4 is 23.2 Å². The van der Waals surface area contributed by atoms with Crippen LogP contribution in [-0.4, -0.2) is 21.9 Å². The zero-order valence-corrected chi connectivity index (χ0v) is 13.9. The van der Waals surface area contributed by atoms with Crippen molar-refractivity contribution in [2.45, 2.75) is 19.4 Å². The van der Waals surface area contributed by atoms with E-state index in [-0.39, 0.29) is 5.91 Å². The molecule has 0 fully saturated rings. The Balaban J connectivity index is 1.40. The molecule has 24 heavy (non-hydrogen) atoms. The quantitative estimate of drug-likeness (QED) is 0.668. The molecule has 0 saturated carbocycles. The van der Waals surface area contributed by atoms with Crippen LogP contribution in [0.5, 0.6) is 5.75 Å². The van der Waals surface area contributed by atoms with Gasteiger partial charge in [-0.1, -0.05) is 29.8 Å². The maximum Gasteiger partial charge on any atom is 0.220 e. The first-order valence-corrected chi connectivity index (χ1v) is 8.16. The predicted octanol–water partition coefficient (Wildman–Crippen LogP) is 3.46. The van der Waals surface area contributed by atoms with Gasteiger partial charge in [0, 0.05) is 18.8 Å². The number of fused-ring (bicyclic) bond motifs is 1. The number of nitrogens with zero attached hydrogens (tertiary/aromatic N) is 2. The minimum absolute atomic E-state index is 0.0123. The van der Waals surface area contributed by atoms with Gasteiger partial charge in [-0.2, -0.15) is 0 Å². The van der Waals surface area contributed by atoms with Gasteiger partial charge >= 0.3 is 0 Å². The van der Waals surface area contributed by atoms with Crippen molar-refractivity contribution in [1.29, 1.82) is 0 Å². The van der Waals surface area contributed by atoms with Crippen LogP contribution >= 0.6 is 11.6 Å². The van der Waals surface area contributed by atoms with Crippen molar-refractivity contribution in [3.63, 3.8) is 0 Å². The van der Waals surface area contributed by atoms with Crippen LogP contribution in [0.4, 0.5) is 0 Å². The van der Waals surface area contributed by atoms with E-state index in [0.717, 1.165) is 17.1 Å². The van der Waals surface area contributed by atoms with Gasteiger partial charge in [-0.3, -0.25) is 4.79 Å². The topological polar surface area (TPSA) is 55.6 Å². The molecule has 0 aliphatic heterocycles. The molecular formula is C18H18ClN3O2. The van der Waals surface area contributed by atoms with Gasteiger partial charge in [0.25, 0.3) is 0 Å². The molecule has 3 rings (SSSR count). The fourth-order valence-electron chi connectivity index (χ4n) is 2.32. The van der Waals surface area contributed by atoms with Crippen LogP contribution in [0.25, 0.3) is 5.65 Å². The minimum Gasteiger partial charge on any atom is -0.494 e. The standard InChI is InChI=1S/C18H18ClN3O2/c19-14-8-9-17-21-15(13-22(17)12-14)11-20-18(23)7-4-10-24-16-5-2-1-3-6-16/h1-3,5-6,8-9,12-13H,4,7,10-11H2,(H,20,23). The van der Waals surface area contributed by atoms with E-state index in [1.807, 2.05) is 47.0 Å². The summed E-state index contributed by atoms with van der Waals surface area (Å²) < 4.78 is 7.41. The Labute approximate surface area is 145 Å². The number of carbonyl (C=O) groups excluding carboxylic acids is 1. The summed E-state index contributed by atoms with van der Waals surface area (Å²) in [4.78, 5) is 16.3. The van der Waals surface area contributed by atoms with Crippen molar-refractivity contribution in [1.82, 2.24) is 14.7 Å². The first kappa shape index (κ1) is 16.3. The number of hydrogen-bond acceptors (Lipinski definition) is 3. The molecular weight excluding hydrogens is 326 g/mol. The van der Waals surface area contributed by atoms with Crippen LogP contribution in [-0.2, 0) is 11.3 Å². The van der Waals surface area contributed by atoms with Gasteiger partial charge in [-0.15, -0.1) is 0 Å². The van der Waals surface area contributed by atoms with Crippen LogP contribution < -0.4 is 10.1 Å². The molecule has 124 valence electrons. The van der Waals surface area contributed by atoms with E-state index in [9.17, 15) is 4.79 Å². The van der Waals surface area contributed by atoms with E-state index in [1.165, 1.54) is 0 Å². The smallest absolute Gasteiger partial charge is 0.220 e. The highest BCUT2D eigenvalue weighted by Gasteiger charge is 2.05. The number of benzene rings is 1. The number of aromatic nitrogens is 2. The van der Waals surface area contributed by atoms with Gasteiger partial charge in [0.15, 0.2) is 0 Å². The predicted molar refractivity (Wildman–Crippen MR) is 93.2 cm³/mol. The third kappa shape index (κ3) is 4.49. The Hall–Kier alpha value is -2.53. The molecule has 0 radical (unpaired) electrons. The van der Waals surface area contributed by atoms with E-state index in [0.29, 0.717) is 31.0 Å². The average Bonchev–Trinajstić information content (AvgIpc) is 3.00. The van der Waals surface area contributed by atoms with Crippen LogP contribution in [0.1, 0.15) is 18.5 Å². The van der Waals surface area contributed by atoms with Gasteiger partial charge in [0.05, 0.1) is 23.9 Å². The molecule has 5 nitrogen and oxygen atoms in total. The molecule has 2 heterocycles. The Bertz CT molecular complexity index is 818. The monoisotopic (exact) mass is 343 g/mol. The van der Waals surface area contributed by atoms with E-state index >= 15 is 0 Å². The summed E-state index contributed by atoms with van der Waals surface area (Å²) >= 11 is 5.94. The lowest BCUT2D eigenvalue weighted by molar-refractivity contribution is -0.121. The van der Waals surface area contributed by atoms with E-state index in [1.54, 1.807) is 12.3 Å². The van der Waals surface area contributed by atoms with Crippen molar-refractivity contribution in [3.8, 4) is 5.75 Å². The van der Waals surface area contributed by atoms with E-state index in [2.05, 4.69) is 10.3 Å². The third-order valence-corrected chi connectivity index (χ3v) is 3.72. The number of nitrogens with one attached hydrogen (secondary N) is 1. The van der Waals surface area contributed by atoms with Crippen molar-refractivity contribution in [2.75, 3.05) is 6.61 Å². The molecule has 0 unspecified atom stereocenters. The molecule has 0 aliphatic rings. The second kappa shape index (κ2) is 7.84. The number of carbonyl (C=O) groups is 1. The Morgan fingerprint density at radius 1 is 1.17 bits per heavy atom. The highest BCUT2D eigenvalue weighted by atomic mass is 35.5. The highest BCUT2D eigenvalue weighted by molar-refractivity contribution is 6.30. The normalized spacial score (nSPS) is 10.7. The summed E-state index contributed by atoms with van der Waals surface area (Å²) in [6.45, 7) is 0.919. The summed E-state index contributed by atoms with van der Waals surface area (Å²) in [7, 11) is 0. The Kier molecular flexibility index (Phi) is 5.33. The minimum atomic E-state index is -0.0123.